The highest BCUT2D eigenvalue weighted by molar-refractivity contribution is 9.10. The molecular formula is C10H9BrN2O3S2. The third-order valence-corrected chi connectivity index (χ3v) is 3.92. The molecule has 5 nitrogen and oxygen atoms in total. The number of hydrogen-bond acceptors (Lipinski definition) is 5. The van der Waals surface area contributed by atoms with E-state index in [4.69, 9.17) is 16.6 Å². The van der Waals surface area contributed by atoms with Crippen molar-refractivity contribution in [3.8, 4) is 0 Å². The van der Waals surface area contributed by atoms with Crippen LogP contribution >= 0.6 is 39.9 Å². The van der Waals surface area contributed by atoms with Gasteiger partial charge in [-0.3, -0.25) is 14.9 Å². The van der Waals surface area contributed by atoms with Crippen molar-refractivity contribution in [3.05, 3.63) is 22.6 Å². The van der Waals surface area contributed by atoms with Gasteiger partial charge in [0.25, 0.3) is 5.91 Å². The molecule has 1 saturated heterocycles. The molecule has 2 heterocycles. The molecule has 2 rings (SSSR count). The molecule has 0 saturated carbocycles. The maximum Gasteiger partial charge on any atom is 0.293 e. The average molecular weight is 349 g/mol. The number of amides is 1. The van der Waals surface area contributed by atoms with E-state index in [1.165, 1.54) is 17.8 Å². The smallest absolute Gasteiger partial charge is 0.293 e. The number of rotatable bonds is 2. The van der Waals surface area contributed by atoms with Crippen LogP contribution in [0.4, 0.5) is 0 Å². The molecule has 0 spiro atoms. The summed E-state index contributed by atoms with van der Waals surface area (Å²) < 4.78 is 5.55. The van der Waals surface area contributed by atoms with Gasteiger partial charge in [0.1, 0.15) is 0 Å². The van der Waals surface area contributed by atoms with E-state index in [1.807, 2.05) is 0 Å². The summed E-state index contributed by atoms with van der Waals surface area (Å²) in [6, 6.07) is 2.83. The maximum absolute atomic E-state index is 11.7. The molecule has 1 aliphatic heterocycles. The van der Waals surface area contributed by atoms with Crippen LogP contribution in [0.25, 0.3) is 0 Å². The zero-order valence-electron chi connectivity index (χ0n) is 9.07. The Kier molecular flexibility index (Phi) is 4.41. The van der Waals surface area contributed by atoms with Crippen molar-refractivity contribution >= 4 is 56.0 Å². The van der Waals surface area contributed by atoms with Crippen LogP contribution in [-0.4, -0.2) is 27.9 Å². The van der Waals surface area contributed by atoms with Crippen molar-refractivity contribution in [2.24, 2.45) is 0 Å². The fourth-order valence-electron chi connectivity index (χ4n) is 1.42. The molecule has 2 N–H and O–H groups in total. The monoisotopic (exact) mass is 348 g/mol. The standard InChI is InChI=1S/C10H9BrN2O3S2/c11-7-2-1-6(16-7)8(14)13-10(17)12-5-3-4-18-9(5)15/h1-2,5H,3-4H2,(H2,12,13,14,17)/t5-/m0/s1. The SMILES string of the molecule is O=C(NC(=S)N[C@H]1CCSC1=O)c1ccc(Br)o1. The molecule has 96 valence electrons. The number of carbonyl (C=O) groups is 2. The fourth-order valence-corrected chi connectivity index (χ4v) is 2.90. The lowest BCUT2D eigenvalue weighted by Gasteiger charge is -2.12. The lowest BCUT2D eigenvalue weighted by Crippen LogP contribution is -2.45. The summed E-state index contributed by atoms with van der Waals surface area (Å²) in [7, 11) is 0. The van der Waals surface area contributed by atoms with E-state index >= 15 is 0 Å². The second kappa shape index (κ2) is 5.85. The third kappa shape index (κ3) is 3.33. The minimum absolute atomic E-state index is 0.0485. The molecule has 0 radical (unpaired) electrons. The quantitative estimate of drug-likeness (QED) is 0.792. The van der Waals surface area contributed by atoms with Crippen LogP contribution in [0.15, 0.2) is 21.2 Å². The summed E-state index contributed by atoms with van der Waals surface area (Å²) in [5.41, 5.74) is 0. The molecule has 1 fully saturated rings. The van der Waals surface area contributed by atoms with Crippen LogP contribution < -0.4 is 10.6 Å². The van der Waals surface area contributed by atoms with E-state index < -0.39 is 5.91 Å². The highest BCUT2D eigenvalue weighted by Crippen LogP contribution is 2.19. The van der Waals surface area contributed by atoms with E-state index in [9.17, 15) is 9.59 Å². The predicted molar refractivity (Wildman–Crippen MR) is 75.5 cm³/mol. The molecule has 0 aliphatic carbocycles. The van der Waals surface area contributed by atoms with Crippen molar-refractivity contribution in [2.75, 3.05) is 5.75 Å². The van der Waals surface area contributed by atoms with Gasteiger partial charge in [0, 0.05) is 5.75 Å². The Morgan fingerprint density at radius 3 is 2.89 bits per heavy atom. The molecule has 1 atom stereocenters. The van der Waals surface area contributed by atoms with Gasteiger partial charge in [-0.25, -0.2) is 0 Å². The molecule has 0 aromatic carbocycles. The predicted octanol–water partition coefficient (Wildman–Crippen LogP) is 1.68. The van der Waals surface area contributed by atoms with Crippen molar-refractivity contribution in [1.29, 1.82) is 0 Å². The van der Waals surface area contributed by atoms with Gasteiger partial charge in [-0.2, -0.15) is 0 Å². The lowest BCUT2D eigenvalue weighted by molar-refractivity contribution is -0.111. The van der Waals surface area contributed by atoms with Crippen molar-refractivity contribution < 1.29 is 14.0 Å². The molecular weight excluding hydrogens is 340 g/mol. The van der Waals surface area contributed by atoms with Gasteiger partial charge in [0.05, 0.1) is 6.04 Å². The molecule has 1 amide bonds. The third-order valence-electron chi connectivity index (χ3n) is 2.26. The number of thioether (sulfide) groups is 1. The van der Waals surface area contributed by atoms with Gasteiger partial charge in [0.2, 0.25) is 5.12 Å². The summed E-state index contributed by atoms with van der Waals surface area (Å²) >= 11 is 9.34. The van der Waals surface area contributed by atoms with Crippen LogP contribution in [0, 0.1) is 0 Å². The fraction of sp³-hybridized carbons (Fsp3) is 0.300. The second-order valence-corrected chi connectivity index (χ2v) is 5.83. The topological polar surface area (TPSA) is 71.3 Å². The Balaban J connectivity index is 1.87. The first-order valence-electron chi connectivity index (χ1n) is 5.10. The van der Waals surface area contributed by atoms with Gasteiger partial charge >= 0.3 is 0 Å². The van der Waals surface area contributed by atoms with Crippen LogP contribution in [0.1, 0.15) is 17.0 Å². The summed E-state index contributed by atoms with van der Waals surface area (Å²) in [6.45, 7) is 0. The first-order valence-corrected chi connectivity index (χ1v) is 7.29. The van der Waals surface area contributed by atoms with Crippen LogP contribution in [0.3, 0.4) is 0 Å². The zero-order chi connectivity index (χ0) is 13.1. The summed E-state index contributed by atoms with van der Waals surface area (Å²) in [5, 5.41) is 5.46. The first kappa shape index (κ1) is 13.6. The number of nitrogens with one attached hydrogen (secondary N) is 2. The highest BCUT2D eigenvalue weighted by atomic mass is 79.9. The Morgan fingerprint density at radius 1 is 1.56 bits per heavy atom. The minimum Gasteiger partial charge on any atom is -0.444 e. The maximum atomic E-state index is 11.7. The molecule has 0 unspecified atom stereocenters. The molecule has 18 heavy (non-hydrogen) atoms. The van der Waals surface area contributed by atoms with Gasteiger partial charge < -0.3 is 9.73 Å². The van der Waals surface area contributed by atoms with Crippen molar-refractivity contribution in [3.63, 3.8) is 0 Å². The lowest BCUT2D eigenvalue weighted by atomic mass is 10.2. The number of hydrogen-bond donors (Lipinski definition) is 2. The number of furan rings is 1. The molecule has 1 aromatic rings. The Bertz CT molecular complexity index is 503. The van der Waals surface area contributed by atoms with Gasteiger partial charge in [-0.15, -0.1) is 0 Å². The Hall–Kier alpha value is -0.860. The number of thiocarbonyl (C=S) groups is 1. The largest absolute Gasteiger partial charge is 0.444 e. The minimum atomic E-state index is -0.448. The van der Waals surface area contributed by atoms with Crippen LogP contribution in [-0.2, 0) is 4.79 Å². The van der Waals surface area contributed by atoms with Crippen LogP contribution in [0.2, 0.25) is 0 Å². The Morgan fingerprint density at radius 2 is 2.33 bits per heavy atom. The van der Waals surface area contributed by atoms with Crippen LogP contribution in [0.5, 0.6) is 0 Å². The molecule has 1 aromatic heterocycles. The average Bonchev–Trinajstić information content (AvgIpc) is 2.89. The Labute approximate surface area is 121 Å². The van der Waals surface area contributed by atoms with E-state index in [-0.39, 0.29) is 22.0 Å². The first-order chi connectivity index (χ1) is 8.56. The molecule has 1 aliphatic rings. The van der Waals surface area contributed by atoms with E-state index in [0.717, 1.165) is 5.75 Å². The van der Waals surface area contributed by atoms with Crippen molar-refractivity contribution in [1.82, 2.24) is 10.6 Å². The van der Waals surface area contributed by atoms with E-state index in [2.05, 4.69) is 26.6 Å². The van der Waals surface area contributed by atoms with Gasteiger partial charge in [-0.1, -0.05) is 11.8 Å². The van der Waals surface area contributed by atoms with Gasteiger partial charge in [0.15, 0.2) is 15.5 Å². The summed E-state index contributed by atoms with van der Waals surface area (Å²) in [6.07, 6.45) is 0.714. The summed E-state index contributed by atoms with van der Waals surface area (Å²) in [5.74, 6) is 0.479. The van der Waals surface area contributed by atoms with E-state index in [0.29, 0.717) is 11.1 Å². The highest BCUT2D eigenvalue weighted by Gasteiger charge is 2.26. The number of carbonyl (C=O) groups excluding carboxylic acids is 2. The second-order valence-electron chi connectivity index (χ2n) is 3.54. The molecule has 8 heteroatoms. The zero-order valence-corrected chi connectivity index (χ0v) is 12.3. The van der Waals surface area contributed by atoms with Crippen molar-refractivity contribution in [2.45, 2.75) is 12.5 Å². The summed E-state index contributed by atoms with van der Waals surface area (Å²) in [4.78, 5) is 23.1. The van der Waals surface area contributed by atoms with E-state index in [1.54, 1.807) is 6.07 Å². The molecule has 0 bridgehead atoms. The van der Waals surface area contributed by atoms with Gasteiger partial charge in [-0.05, 0) is 46.7 Å². The normalized spacial score (nSPS) is 18.7. The number of halogens is 1.